The van der Waals surface area contributed by atoms with Crippen molar-refractivity contribution in [1.82, 2.24) is 0 Å². The summed E-state index contributed by atoms with van der Waals surface area (Å²) in [6.45, 7) is 0. The summed E-state index contributed by atoms with van der Waals surface area (Å²) in [6, 6.07) is 11.1. The second-order valence-electron chi connectivity index (χ2n) is 3.55. The molecule has 0 radical (unpaired) electrons. The quantitative estimate of drug-likeness (QED) is 0.508. The van der Waals surface area contributed by atoms with Crippen molar-refractivity contribution in [2.45, 2.75) is 0 Å². The molecule has 16 heavy (non-hydrogen) atoms. The van der Waals surface area contributed by atoms with E-state index in [1.165, 1.54) is 0 Å². The van der Waals surface area contributed by atoms with Crippen LogP contribution in [-0.4, -0.2) is 0 Å². The largest absolute Gasteiger partial charge is 0.451 e. The summed E-state index contributed by atoms with van der Waals surface area (Å²) in [5.74, 6) is 2.62. The molecule has 0 atom stereocenters. The van der Waals surface area contributed by atoms with E-state index >= 15 is 0 Å². The van der Waals surface area contributed by atoms with Gasteiger partial charge in [-0.15, -0.1) is 0 Å². The Morgan fingerprint density at radius 1 is 1.06 bits per heavy atom. The van der Waals surface area contributed by atoms with Gasteiger partial charge in [-0.2, -0.15) is 0 Å². The Hall–Kier alpha value is -2.36. The van der Waals surface area contributed by atoms with E-state index in [1.807, 2.05) is 30.3 Å². The fraction of sp³-hybridized carbons (Fsp3) is 0. The van der Waals surface area contributed by atoms with Gasteiger partial charge in [-0.3, -0.25) is 0 Å². The van der Waals surface area contributed by atoms with Crippen LogP contribution in [0.4, 0.5) is 11.4 Å². The maximum absolute atomic E-state index is 5.83. The normalized spacial score (nSPS) is 11.5. The van der Waals surface area contributed by atoms with Gasteiger partial charge in [0.1, 0.15) is 11.4 Å². The number of ether oxygens (including phenoxy) is 2. The summed E-state index contributed by atoms with van der Waals surface area (Å²) >= 11 is 0. The lowest BCUT2D eigenvalue weighted by Crippen LogP contribution is -1.95. The number of anilines is 2. The molecule has 0 bridgehead atoms. The molecule has 1 aliphatic rings. The van der Waals surface area contributed by atoms with Crippen molar-refractivity contribution >= 4 is 11.4 Å². The Morgan fingerprint density at radius 2 is 1.81 bits per heavy atom. The van der Waals surface area contributed by atoms with E-state index in [9.17, 15) is 0 Å². The Balaban J connectivity index is 2.01. The zero-order valence-corrected chi connectivity index (χ0v) is 8.44. The molecule has 0 fully saturated rings. The molecule has 4 heteroatoms. The fourth-order valence-corrected chi connectivity index (χ4v) is 1.52. The monoisotopic (exact) mass is 214 g/mol. The summed E-state index contributed by atoms with van der Waals surface area (Å²) in [5.41, 5.74) is 12.4. The third-order valence-corrected chi connectivity index (χ3v) is 2.41. The third kappa shape index (κ3) is 1.32. The van der Waals surface area contributed by atoms with Gasteiger partial charge in [-0.25, -0.2) is 0 Å². The van der Waals surface area contributed by atoms with Gasteiger partial charge in [-0.05, 0) is 12.1 Å². The number of hydrogen-bond donors (Lipinski definition) is 2. The van der Waals surface area contributed by atoms with Crippen molar-refractivity contribution in [1.29, 1.82) is 0 Å². The second-order valence-corrected chi connectivity index (χ2v) is 3.55. The minimum atomic E-state index is 0.417. The first-order chi connectivity index (χ1) is 7.75. The van der Waals surface area contributed by atoms with Crippen molar-refractivity contribution in [2.75, 3.05) is 11.5 Å². The van der Waals surface area contributed by atoms with Crippen LogP contribution in [0.1, 0.15) is 0 Å². The molecule has 0 aromatic heterocycles. The predicted molar refractivity (Wildman–Crippen MR) is 61.9 cm³/mol. The van der Waals surface area contributed by atoms with Crippen molar-refractivity contribution < 1.29 is 9.47 Å². The van der Waals surface area contributed by atoms with Gasteiger partial charge < -0.3 is 20.9 Å². The van der Waals surface area contributed by atoms with Crippen molar-refractivity contribution in [3.05, 3.63) is 36.4 Å². The van der Waals surface area contributed by atoms with E-state index in [0.29, 0.717) is 28.6 Å². The maximum atomic E-state index is 5.83. The molecule has 0 unspecified atom stereocenters. The predicted octanol–water partition coefficient (Wildman–Crippen LogP) is 2.75. The van der Waals surface area contributed by atoms with E-state index < -0.39 is 0 Å². The SMILES string of the molecule is Nc1cc2c(c(Oc3ccccc3)c1N)O2. The standard InChI is InChI=1S/C12H10N2O2/c13-8-6-9-11(16-9)12(10(8)14)15-7-4-2-1-3-5-7/h1-6H,13-14H2. The Kier molecular flexibility index (Phi) is 1.71. The molecule has 4 nitrogen and oxygen atoms in total. The molecule has 2 aromatic carbocycles. The molecule has 0 saturated carbocycles. The van der Waals surface area contributed by atoms with Gasteiger partial charge in [0.15, 0.2) is 11.5 Å². The smallest absolute Gasteiger partial charge is 0.214 e. The van der Waals surface area contributed by atoms with E-state index in [0.717, 1.165) is 5.75 Å². The van der Waals surface area contributed by atoms with Gasteiger partial charge in [-0.1, -0.05) is 18.2 Å². The topological polar surface area (TPSA) is 73.8 Å². The van der Waals surface area contributed by atoms with Crippen molar-refractivity contribution in [3.8, 4) is 23.0 Å². The van der Waals surface area contributed by atoms with Gasteiger partial charge in [0.05, 0.1) is 5.69 Å². The van der Waals surface area contributed by atoms with E-state index in [2.05, 4.69) is 0 Å². The molecular weight excluding hydrogens is 204 g/mol. The first kappa shape index (κ1) is 8.91. The van der Waals surface area contributed by atoms with E-state index in [1.54, 1.807) is 6.07 Å². The number of nitrogen functional groups attached to an aromatic ring is 2. The zero-order chi connectivity index (χ0) is 11.1. The second kappa shape index (κ2) is 3.06. The average Bonchev–Trinajstić information content (AvgIpc) is 3.05. The number of benzene rings is 2. The molecule has 80 valence electrons. The van der Waals surface area contributed by atoms with Crippen LogP contribution in [0.5, 0.6) is 23.0 Å². The number of para-hydroxylation sites is 1. The molecule has 1 heterocycles. The lowest BCUT2D eigenvalue weighted by molar-refractivity contribution is 0.474. The van der Waals surface area contributed by atoms with Gasteiger partial charge in [0.25, 0.3) is 0 Å². The highest BCUT2D eigenvalue weighted by Crippen LogP contribution is 2.58. The van der Waals surface area contributed by atoms with Crippen LogP contribution in [0, 0.1) is 0 Å². The molecule has 1 aliphatic heterocycles. The first-order valence-electron chi connectivity index (χ1n) is 4.88. The first-order valence-corrected chi connectivity index (χ1v) is 4.88. The van der Waals surface area contributed by atoms with Crippen molar-refractivity contribution in [3.63, 3.8) is 0 Å². The van der Waals surface area contributed by atoms with Crippen LogP contribution in [-0.2, 0) is 0 Å². The number of nitrogens with two attached hydrogens (primary N) is 2. The van der Waals surface area contributed by atoms with Crippen LogP contribution in [0.25, 0.3) is 0 Å². The maximum Gasteiger partial charge on any atom is 0.214 e. The van der Waals surface area contributed by atoms with Crippen molar-refractivity contribution in [2.24, 2.45) is 0 Å². The third-order valence-electron chi connectivity index (χ3n) is 2.41. The molecular formula is C12H10N2O2. The Labute approximate surface area is 92.4 Å². The molecule has 4 N–H and O–H groups in total. The molecule has 0 saturated heterocycles. The van der Waals surface area contributed by atoms with Gasteiger partial charge in [0, 0.05) is 6.07 Å². The number of rotatable bonds is 2. The van der Waals surface area contributed by atoms with Crippen LogP contribution in [0.2, 0.25) is 0 Å². The average molecular weight is 214 g/mol. The summed E-state index contributed by atoms with van der Waals surface area (Å²) in [5, 5.41) is 0. The molecule has 0 amide bonds. The summed E-state index contributed by atoms with van der Waals surface area (Å²) in [6.07, 6.45) is 0. The highest BCUT2D eigenvalue weighted by atomic mass is 16.6. The van der Waals surface area contributed by atoms with Gasteiger partial charge in [0.2, 0.25) is 5.75 Å². The zero-order valence-electron chi connectivity index (χ0n) is 8.44. The lowest BCUT2D eigenvalue weighted by atomic mass is 10.2. The number of fused-ring (bicyclic) bond motifs is 1. The Bertz CT molecular complexity index is 553. The molecule has 2 aromatic rings. The molecule has 3 rings (SSSR count). The Morgan fingerprint density at radius 3 is 2.56 bits per heavy atom. The summed E-state index contributed by atoms with van der Waals surface area (Å²) < 4.78 is 10.9. The van der Waals surface area contributed by atoms with Crippen LogP contribution in [0.3, 0.4) is 0 Å². The minimum absolute atomic E-state index is 0.417. The van der Waals surface area contributed by atoms with Gasteiger partial charge >= 0.3 is 0 Å². The summed E-state index contributed by atoms with van der Waals surface area (Å²) in [4.78, 5) is 0. The van der Waals surface area contributed by atoms with Crippen LogP contribution in [0.15, 0.2) is 36.4 Å². The summed E-state index contributed by atoms with van der Waals surface area (Å²) in [7, 11) is 0. The highest BCUT2D eigenvalue weighted by Gasteiger charge is 2.30. The fourth-order valence-electron chi connectivity index (χ4n) is 1.52. The molecule has 0 spiro atoms. The minimum Gasteiger partial charge on any atom is -0.451 e. The van der Waals surface area contributed by atoms with Crippen LogP contribution >= 0.6 is 0 Å². The van der Waals surface area contributed by atoms with E-state index in [-0.39, 0.29) is 0 Å². The van der Waals surface area contributed by atoms with Crippen LogP contribution < -0.4 is 20.9 Å². The lowest BCUT2D eigenvalue weighted by Gasteiger charge is -2.07. The molecule has 0 aliphatic carbocycles. The highest BCUT2D eigenvalue weighted by molar-refractivity contribution is 5.83. The number of hydrogen-bond acceptors (Lipinski definition) is 4. The van der Waals surface area contributed by atoms with E-state index in [4.69, 9.17) is 20.9 Å².